The molecular weight excluding hydrogens is 375 g/mol. The molecule has 1 rings (SSSR count). The number of carbonyl (C=O) groups is 2. The van der Waals surface area contributed by atoms with Gasteiger partial charge in [-0.3, -0.25) is 9.36 Å². The third-order valence-corrected chi connectivity index (χ3v) is 5.81. The van der Waals surface area contributed by atoms with Crippen molar-refractivity contribution in [3.63, 3.8) is 0 Å². The van der Waals surface area contributed by atoms with Crippen molar-refractivity contribution in [1.29, 1.82) is 0 Å². The predicted molar refractivity (Wildman–Crippen MR) is 98.9 cm³/mol. The van der Waals surface area contributed by atoms with Crippen LogP contribution in [-0.2, 0) is 27.9 Å². The number of hydrogen-bond donors (Lipinski definition) is 0. The molecule has 8 nitrogen and oxygen atoms in total. The first-order valence-electron chi connectivity index (χ1n) is 8.91. The average molecular weight is 402 g/mol. The third kappa shape index (κ3) is 8.12. The molecule has 0 saturated heterocycles. The Bertz CT molecular complexity index is 609. The van der Waals surface area contributed by atoms with Gasteiger partial charge in [0.1, 0.15) is 5.75 Å². The summed E-state index contributed by atoms with van der Waals surface area (Å²) in [6.45, 7) is 5.38. The normalized spacial score (nSPS) is 12.3. The summed E-state index contributed by atoms with van der Waals surface area (Å²) in [6.07, 6.45) is -0.474. The van der Waals surface area contributed by atoms with E-state index in [4.69, 9.17) is 23.3 Å². The van der Waals surface area contributed by atoms with Crippen molar-refractivity contribution in [2.45, 2.75) is 39.3 Å². The zero-order valence-electron chi connectivity index (χ0n) is 15.9. The van der Waals surface area contributed by atoms with Crippen LogP contribution in [0.15, 0.2) is 30.3 Å². The van der Waals surface area contributed by atoms with Crippen LogP contribution in [0.4, 0.5) is 4.79 Å². The maximum absolute atomic E-state index is 12.9. The molecule has 0 aliphatic rings. The lowest BCUT2D eigenvalue weighted by molar-refractivity contribution is -0.143. The van der Waals surface area contributed by atoms with E-state index in [1.807, 2.05) is 0 Å². The molecular formula is C18H27O8P. The molecule has 0 saturated carbocycles. The molecule has 0 N–H and O–H groups in total. The maximum atomic E-state index is 12.9. The smallest absolute Gasteiger partial charge is 0.465 e. The highest BCUT2D eigenvalue weighted by molar-refractivity contribution is 7.55. The SMILES string of the molecule is CCOC(=O)C(CCCOC(=O)Oc1ccccc1)P(=O)(OCC)OCC. The fourth-order valence-electron chi connectivity index (χ4n) is 2.27. The first-order valence-corrected chi connectivity index (χ1v) is 10.5. The van der Waals surface area contributed by atoms with Gasteiger partial charge >= 0.3 is 19.7 Å². The molecule has 0 spiro atoms. The highest BCUT2D eigenvalue weighted by Gasteiger charge is 2.41. The fraction of sp³-hybridized carbons (Fsp3) is 0.556. The van der Waals surface area contributed by atoms with E-state index in [0.29, 0.717) is 5.75 Å². The van der Waals surface area contributed by atoms with Gasteiger partial charge in [-0.2, -0.15) is 0 Å². The summed E-state index contributed by atoms with van der Waals surface area (Å²) in [5.41, 5.74) is -1.08. The Balaban J connectivity index is 2.59. The Morgan fingerprint density at radius 1 is 0.963 bits per heavy atom. The molecule has 0 aliphatic carbocycles. The van der Waals surface area contributed by atoms with Gasteiger partial charge in [-0.15, -0.1) is 0 Å². The number of esters is 1. The third-order valence-electron chi connectivity index (χ3n) is 3.34. The standard InChI is InChI=1S/C18H27O8P/c1-4-22-17(19)16(27(21,24-5-2)25-6-3)13-10-14-23-18(20)26-15-11-8-7-9-12-15/h7-9,11-12,16H,4-6,10,13-14H2,1-3H3. The summed E-state index contributed by atoms with van der Waals surface area (Å²) in [6, 6.07) is 8.50. The number of hydrogen-bond acceptors (Lipinski definition) is 8. The number of ether oxygens (including phenoxy) is 3. The van der Waals surface area contributed by atoms with Gasteiger partial charge in [-0.1, -0.05) is 18.2 Å². The summed E-state index contributed by atoms with van der Waals surface area (Å²) < 4.78 is 38.4. The Hall–Kier alpha value is -1.89. The van der Waals surface area contributed by atoms with Crippen LogP contribution < -0.4 is 4.74 Å². The number of carbonyl (C=O) groups excluding carboxylic acids is 2. The number of rotatable bonds is 12. The molecule has 0 bridgehead atoms. The van der Waals surface area contributed by atoms with Crippen LogP contribution in [0.25, 0.3) is 0 Å². The van der Waals surface area contributed by atoms with E-state index >= 15 is 0 Å². The summed E-state index contributed by atoms with van der Waals surface area (Å²) in [5, 5.41) is 0. The van der Waals surface area contributed by atoms with Crippen molar-refractivity contribution in [3.05, 3.63) is 30.3 Å². The lowest BCUT2D eigenvalue weighted by Crippen LogP contribution is -2.26. The second-order valence-corrected chi connectivity index (χ2v) is 7.52. The predicted octanol–water partition coefficient (Wildman–Crippen LogP) is 4.18. The Morgan fingerprint density at radius 2 is 1.59 bits per heavy atom. The Morgan fingerprint density at radius 3 is 2.15 bits per heavy atom. The van der Waals surface area contributed by atoms with Crippen molar-refractivity contribution in [2.75, 3.05) is 26.4 Å². The van der Waals surface area contributed by atoms with Crippen molar-refractivity contribution in [2.24, 2.45) is 0 Å². The zero-order chi connectivity index (χ0) is 20.1. The van der Waals surface area contributed by atoms with Crippen LogP contribution in [0.5, 0.6) is 5.75 Å². The van der Waals surface area contributed by atoms with Gasteiger partial charge in [-0.05, 0) is 45.7 Å². The lowest BCUT2D eigenvalue weighted by atomic mass is 10.2. The van der Waals surface area contributed by atoms with Gasteiger partial charge in [0.25, 0.3) is 0 Å². The molecule has 0 heterocycles. The minimum absolute atomic E-state index is 0.0141. The maximum Gasteiger partial charge on any atom is 0.513 e. The van der Waals surface area contributed by atoms with Crippen LogP contribution in [0.1, 0.15) is 33.6 Å². The van der Waals surface area contributed by atoms with Crippen LogP contribution in [0, 0.1) is 0 Å². The second-order valence-electron chi connectivity index (χ2n) is 5.30. The van der Waals surface area contributed by atoms with E-state index < -0.39 is 25.4 Å². The molecule has 0 aliphatic heterocycles. The van der Waals surface area contributed by atoms with Gasteiger partial charge in [0.2, 0.25) is 0 Å². The van der Waals surface area contributed by atoms with Crippen LogP contribution in [0.3, 0.4) is 0 Å². The fourth-order valence-corrected chi connectivity index (χ4v) is 4.25. The molecule has 0 aromatic heterocycles. The van der Waals surface area contributed by atoms with E-state index in [1.165, 1.54) is 0 Å². The topological polar surface area (TPSA) is 97.4 Å². The highest BCUT2D eigenvalue weighted by atomic mass is 31.2. The highest BCUT2D eigenvalue weighted by Crippen LogP contribution is 2.54. The summed E-state index contributed by atoms with van der Waals surface area (Å²) in [7, 11) is -3.68. The molecule has 27 heavy (non-hydrogen) atoms. The minimum Gasteiger partial charge on any atom is -0.465 e. The first kappa shape index (κ1) is 23.1. The van der Waals surface area contributed by atoms with Crippen molar-refractivity contribution >= 4 is 19.7 Å². The van der Waals surface area contributed by atoms with Crippen LogP contribution in [0.2, 0.25) is 0 Å². The zero-order valence-corrected chi connectivity index (χ0v) is 16.8. The number of benzene rings is 1. The number of para-hydroxylation sites is 1. The van der Waals surface area contributed by atoms with E-state index in [1.54, 1.807) is 51.1 Å². The molecule has 1 aromatic carbocycles. The van der Waals surface area contributed by atoms with Crippen molar-refractivity contribution in [1.82, 2.24) is 0 Å². The van der Waals surface area contributed by atoms with E-state index in [0.717, 1.165) is 0 Å². The second kappa shape index (κ2) is 12.5. The molecule has 0 radical (unpaired) electrons. The van der Waals surface area contributed by atoms with Crippen molar-refractivity contribution < 1.29 is 37.4 Å². The van der Waals surface area contributed by atoms with E-state index in [-0.39, 0.29) is 39.3 Å². The first-order chi connectivity index (χ1) is 13.0. The van der Waals surface area contributed by atoms with E-state index in [2.05, 4.69) is 0 Å². The van der Waals surface area contributed by atoms with Crippen LogP contribution >= 0.6 is 7.60 Å². The van der Waals surface area contributed by atoms with E-state index in [9.17, 15) is 14.2 Å². The molecule has 1 aromatic rings. The molecule has 1 unspecified atom stereocenters. The van der Waals surface area contributed by atoms with Crippen LogP contribution in [-0.4, -0.2) is 44.2 Å². The summed E-state index contributed by atoms with van der Waals surface area (Å²) in [4.78, 5) is 23.9. The Kier molecular flexibility index (Phi) is 10.7. The van der Waals surface area contributed by atoms with Gasteiger partial charge in [-0.25, -0.2) is 4.79 Å². The van der Waals surface area contributed by atoms with Gasteiger partial charge in [0.05, 0.1) is 26.4 Å². The van der Waals surface area contributed by atoms with Gasteiger partial charge in [0.15, 0.2) is 5.66 Å². The minimum atomic E-state index is -3.68. The Labute approximate surface area is 159 Å². The molecule has 0 fully saturated rings. The molecule has 152 valence electrons. The van der Waals surface area contributed by atoms with Gasteiger partial charge in [0, 0.05) is 0 Å². The largest absolute Gasteiger partial charge is 0.513 e. The monoisotopic (exact) mass is 402 g/mol. The molecule has 1 atom stereocenters. The summed E-state index contributed by atoms with van der Waals surface area (Å²) in [5.74, 6) is -0.293. The molecule has 0 amide bonds. The molecule has 9 heteroatoms. The quantitative estimate of drug-likeness (QED) is 0.222. The average Bonchev–Trinajstić information content (AvgIpc) is 2.63. The summed E-state index contributed by atoms with van der Waals surface area (Å²) >= 11 is 0. The lowest BCUT2D eigenvalue weighted by Gasteiger charge is -2.24. The van der Waals surface area contributed by atoms with Gasteiger partial charge < -0.3 is 23.3 Å². The van der Waals surface area contributed by atoms with Crippen molar-refractivity contribution in [3.8, 4) is 5.75 Å².